The minimum Gasteiger partial charge on any atom is -0.379 e. The number of nitrogens with two attached hydrogens (primary N) is 1. The third kappa shape index (κ3) is 8.51. The van der Waals surface area contributed by atoms with Crippen molar-refractivity contribution in [2.45, 2.75) is 47.6 Å². The van der Waals surface area contributed by atoms with Crippen LogP contribution in [0.5, 0.6) is 0 Å². The van der Waals surface area contributed by atoms with Crippen molar-refractivity contribution in [3.8, 4) is 0 Å². The number of primary amides is 1. The average Bonchev–Trinajstić information content (AvgIpc) is 3.16. The summed E-state index contributed by atoms with van der Waals surface area (Å²) < 4.78 is 1.05. The van der Waals surface area contributed by atoms with Crippen LogP contribution in [0.1, 0.15) is 55.4 Å². The molecule has 6 nitrogen and oxygen atoms in total. The van der Waals surface area contributed by atoms with Gasteiger partial charge in [-0.05, 0) is 36.8 Å². The molecule has 0 spiro atoms. The van der Waals surface area contributed by atoms with Crippen LogP contribution >= 0.6 is 22.9 Å². The number of nitrogens with zero attached hydrogens (tertiary/aromatic N) is 1. The van der Waals surface area contributed by atoms with Crippen molar-refractivity contribution < 1.29 is 14.1 Å². The van der Waals surface area contributed by atoms with Gasteiger partial charge in [0.05, 0.1) is 30.6 Å². The molecule has 0 radical (unpaired) electrons. The number of hydrogen-bond acceptors (Lipinski definition) is 4. The molecule has 1 unspecified atom stereocenters. The third-order valence-corrected chi connectivity index (χ3v) is 6.31. The van der Waals surface area contributed by atoms with Gasteiger partial charge in [-0.2, -0.15) is 0 Å². The number of likely N-dealkylation sites (N-methyl/N-ethyl adjacent to an activating group) is 1. The minimum atomic E-state index is -0.306. The molecule has 1 aliphatic rings. The Kier molecular flexibility index (Phi) is 13.8. The highest BCUT2D eigenvalue weighted by Gasteiger charge is 2.32. The summed E-state index contributed by atoms with van der Waals surface area (Å²) in [5.41, 5.74) is 8.13. The lowest BCUT2D eigenvalue weighted by atomic mass is 10.0. The van der Waals surface area contributed by atoms with E-state index >= 15 is 0 Å². The number of hydrogen-bond donors (Lipinski definition) is 3. The Morgan fingerprint density at radius 2 is 1.81 bits per heavy atom. The zero-order chi connectivity index (χ0) is 24.0. The standard InChI is InChI=1S/C12H19N3OS.C7H6ClNO.2C2H6/c1-4-15(3)6-5-8-9(7-15)17-12(14-2)10(8)11(13)16;8-6-1-3-7(4-2-6)9-5-10;2*1-2/h4-7H2,1-3H3,(H2-,13,14,16);1-5H,(H,9,10);2*1-2H3/p+1. The number of rotatable bonds is 5. The Labute approximate surface area is 196 Å². The number of nitrogens with one attached hydrogen (secondary N) is 2. The molecule has 31 heavy (non-hydrogen) atoms. The molecule has 0 aliphatic carbocycles. The summed E-state index contributed by atoms with van der Waals surface area (Å²) in [6.45, 7) is 13.4. The molecule has 0 saturated carbocycles. The number of thiophene rings is 1. The quantitative estimate of drug-likeness (QED) is 0.406. The van der Waals surface area contributed by atoms with Crippen molar-refractivity contribution in [3.05, 3.63) is 45.3 Å². The van der Waals surface area contributed by atoms with Crippen LogP contribution in [0.25, 0.3) is 0 Å². The Bertz CT molecular complexity index is 809. The van der Waals surface area contributed by atoms with E-state index in [0.717, 1.165) is 46.8 Å². The van der Waals surface area contributed by atoms with Gasteiger partial charge in [0.25, 0.3) is 5.91 Å². The predicted octanol–water partition coefficient (Wildman–Crippen LogP) is 5.37. The summed E-state index contributed by atoms with van der Waals surface area (Å²) in [4.78, 5) is 22.8. The molecule has 1 aromatic heterocycles. The number of fused-ring (bicyclic) bond motifs is 1. The lowest BCUT2D eigenvalue weighted by Crippen LogP contribution is -2.47. The number of amides is 2. The molecule has 2 heterocycles. The van der Waals surface area contributed by atoms with Crippen LogP contribution in [0, 0.1) is 0 Å². The highest BCUT2D eigenvalue weighted by Crippen LogP contribution is 2.38. The number of carbonyl (C=O) groups excluding carboxylic acids is 2. The van der Waals surface area contributed by atoms with E-state index < -0.39 is 0 Å². The predicted molar refractivity (Wildman–Crippen MR) is 135 cm³/mol. The van der Waals surface area contributed by atoms with Crippen LogP contribution in [0.4, 0.5) is 10.7 Å². The Hall–Kier alpha value is -2.09. The van der Waals surface area contributed by atoms with Gasteiger partial charge >= 0.3 is 0 Å². The molecule has 2 amide bonds. The fourth-order valence-electron chi connectivity index (χ4n) is 3.03. The van der Waals surface area contributed by atoms with Gasteiger partial charge in [0.15, 0.2) is 0 Å². The molecule has 174 valence electrons. The molecular formula is C23H38ClN4O2S+. The normalized spacial score (nSPS) is 16.0. The van der Waals surface area contributed by atoms with E-state index in [-0.39, 0.29) is 5.91 Å². The van der Waals surface area contributed by atoms with Crippen LogP contribution in [0.15, 0.2) is 24.3 Å². The van der Waals surface area contributed by atoms with Crippen molar-refractivity contribution in [1.29, 1.82) is 0 Å². The molecule has 1 aliphatic heterocycles. The summed E-state index contributed by atoms with van der Waals surface area (Å²) in [6.07, 6.45) is 1.58. The second-order valence-corrected chi connectivity index (χ2v) is 8.20. The zero-order valence-electron chi connectivity index (χ0n) is 19.8. The van der Waals surface area contributed by atoms with E-state index in [2.05, 4.69) is 24.6 Å². The Morgan fingerprint density at radius 3 is 2.26 bits per heavy atom. The first kappa shape index (κ1) is 28.9. The maximum Gasteiger partial charge on any atom is 0.251 e. The maximum atomic E-state index is 11.5. The van der Waals surface area contributed by atoms with Crippen LogP contribution in [-0.2, 0) is 17.8 Å². The van der Waals surface area contributed by atoms with Gasteiger partial charge in [-0.1, -0.05) is 39.3 Å². The summed E-state index contributed by atoms with van der Waals surface area (Å²) in [5, 5.41) is 7.17. The Balaban J connectivity index is 0.000000549. The van der Waals surface area contributed by atoms with E-state index in [1.54, 1.807) is 35.6 Å². The molecule has 4 N–H and O–H groups in total. The molecule has 0 fully saturated rings. The van der Waals surface area contributed by atoms with Crippen LogP contribution in [0.3, 0.4) is 0 Å². The van der Waals surface area contributed by atoms with Crippen LogP contribution < -0.4 is 16.4 Å². The highest BCUT2D eigenvalue weighted by molar-refractivity contribution is 7.16. The van der Waals surface area contributed by atoms with Crippen molar-refractivity contribution in [3.63, 3.8) is 0 Å². The number of halogens is 1. The molecule has 8 heteroatoms. The second kappa shape index (κ2) is 14.8. The average molecular weight is 470 g/mol. The van der Waals surface area contributed by atoms with E-state index in [4.69, 9.17) is 17.3 Å². The summed E-state index contributed by atoms with van der Waals surface area (Å²) in [5.74, 6) is -0.306. The minimum absolute atomic E-state index is 0.306. The summed E-state index contributed by atoms with van der Waals surface area (Å²) >= 11 is 7.28. The van der Waals surface area contributed by atoms with Gasteiger partial charge in [-0.3, -0.25) is 9.59 Å². The molecular weight excluding hydrogens is 432 g/mol. The molecule has 0 saturated heterocycles. The van der Waals surface area contributed by atoms with Gasteiger partial charge in [-0.15, -0.1) is 11.3 Å². The van der Waals surface area contributed by atoms with Crippen LogP contribution in [-0.4, -0.2) is 44.0 Å². The van der Waals surface area contributed by atoms with E-state index in [1.165, 1.54) is 10.4 Å². The second-order valence-electron chi connectivity index (χ2n) is 6.66. The topological polar surface area (TPSA) is 84.2 Å². The first-order valence-electron chi connectivity index (χ1n) is 10.7. The van der Waals surface area contributed by atoms with Gasteiger partial charge in [0, 0.05) is 24.2 Å². The van der Waals surface area contributed by atoms with E-state index in [1.807, 2.05) is 34.7 Å². The molecule has 0 bridgehead atoms. The highest BCUT2D eigenvalue weighted by atomic mass is 35.5. The van der Waals surface area contributed by atoms with E-state index in [0.29, 0.717) is 11.4 Å². The number of benzene rings is 1. The van der Waals surface area contributed by atoms with Crippen molar-refractivity contribution in [2.75, 3.05) is 37.8 Å². The smallest absolute Gasteiger partial charge is 0.251 e. The monoisotopic (exact) mass is 469 g/mol. The van der Waals surface area contributed by atoms with Crippen molar-refractivity contribution in [2.24, 2.45) is 5.73 Å². The van der Waals surface area contributed by atoms with Crippen molar-refractivity contribution >= 4 is 45.9 Å². The molecule has 1 atom stereocenters. The molecule has 2 aromatic rings. The largest absolute Gasteiger partial charge is 0.379 e. The maximum absolute atomic E-state index is 11.5. The summed E-state index contributed by atoms with van der Waals surface area (Å²) in [7, 11) is 4.11. The van der Waals surface area contributed by atoms with Gasteiger partial charge in [0.2, 0.25) is 6.41 Å². The van der Waals surface area contributed by atoms with Gasteiger partial charge < -0.3 is 20.9 Å². The zero-order valence-corrected chi connectivity index (χ0v) is 21.4. The third-order valence-electron chi connectivity index (χ3n) is 4.82. The first-order chi connectivity index (χ1) is 14.8. The first-order valence-corrected chi connectivity index (χ1v) is 11.9. The SMILES string of the molecule is CC.CC.CC[N+]1(C)CCc2c(sc(NC)c2C(N)=O)C1.O=CNc1ccc(Cl)cc1. The van der Waals surface area contributed by atoms with Crippen molar-refractivity contribution in [1.82, 2.24) is 0 Å². The number of anilines is 2. The lowest BCUT2D eigenvalue weighted by molar-refractivity contribution is -0.922. The fourth-order valence-corrected chi connectivity index (χ4v) is 4.54. The lowest BCUT2D eigenvalue weighted by Gasteiger charge is -2.36. The van der Waals surface area contributed by atoms with Gasteiger partial charge in [-0.25, -0.2) is 0 Å². The number of quaternary nitrogens is 1. The fraction of sp³-hybridized carbons (Fsp3) is 0.478. The van der Waals surface area contributed by atoms with Gasteiger partial charge in [0.1, 0.15) is 11.5 Å². The molecule has 3 rings (SSSR count). The Morgan fingerprint density at radius 1 is 1.23 bits per heavy atom. The van der Waals surface area contributed by atoms with Crippen LogP contribution in [0.2, 0.25) is 5.02 Å². The number of carbonyl (C=O) groups is 2. The molecule has 1 aromatic carbocycles. The van der Waals surface area contributed by atoms with E-state index in [9.17, 15) is 9.59 Å². The summed E-state index contributed by atoms with van der Waals surface area (Å²) in [6, 6.07) is 6.90.